The van der Waals surface area contributed by atoms with Crippen LogP contribution < -0.4 is 0 Å². The van der Waals surface area contributed by atoms with Crippen molar-refractivity contribution in [1.82, 2.24) is 4.90 Å². The van der Waals surface area contributed by atoms with Gasteiger partial charge in [0.25, 0.3) is 5.91 Å². The summed E-state index contributed by atoms with van der Waals surface area (Å²) in [5.74, 6) is 0.0791. The first-order chi connectivity index (χ1) is 8.02. The molecule has 0 saturated heterocycles. The van der Waals surface area contributed by atoms with Gasteiger partial charge < -0.3 is 4.90 Å². The van der Waals surface area contributed by atoms with E-state index in [1.807, 2.05) is 6.92 Å². The number of benzene rings is 1. The molecule has 0 spiro atoms. The summed E-state index contributed by atoms with van der Waals surface area (Å²) in [6.07, 6.45) is 2.37. The lowest BCUT2D eigenvalue weighted by Crippen LogP contribution is -2.36. The zero-order valence-corrected chi connectivity index (χ0v) is 11.5. The fourth-order valence-electron chi connectivity index (χ4n) is 1.94. The molecule has 0 heterocycles. The van der Waals surface area contributed by atoms with E-state index >= 15 is 0 Å². The normalized spacial score (nSPS) is 16.7. The summed E-state index contributed by atoms with van der Waals surface area (Å²) in [5, 5.41) is 0. The predicted molar refractivity (Wildman–Crippen MR) is 68.4 cm³/mol. The maximum absolute atomic E-state index is 13.4. The molecule has 2 nitrogen and oxygen atoms in total. The molecule has 1 atom stereocenters. The molecule has 1 aromatic rings. The van der Waals surface area contributed by atoms with E-state index in [2.05, 4.69) is 15.9 Å². The van der Waals surface area contributed by atoms with Gasteiger partial charge in [0.2, 0.25) is 0 Å². The Kier molecular flexibility index (Phi) is 3.52. The number of carbonyl (C=O) groups excluding carboxylic acids is 1. The van der Waals surface area contributed by atoms with Crippen molar-refractivity contribution in [2.45, 2.75) is 25.8 Å². The predicted octanol–water partition coefficient (Wildman–Crippen LogP) is 3.46. The number of hydrogen-bond acceptors (Lipinski definition) is 1. The van der Waals surface area contributed by atoms with E-state index in [4.69, 9.17) is 0 Å². The molecule has 1 aliphatic rings. The molecule has 4 heteroatoms. The number of carbonyl (C=O) groups is 1. The van der Waals surface area contributed by atoms with Crippen LogP contribution in [0, 0.1) is 11.7 Å². The van der Waals surface area contributed by atoms with Gasteiger partial charge in [0.05, 0.1) is 10.0 Å². The molecule has 1 amide bonds. The molecule has 92 valence electrons. The molecule has 0 N–H and O–H groups in total. The molecule has 2 rings (SSSR count). The maximum Gasteiger partial charge on any atom is 0.255 e. The molecule has 0 aliphatic heterocycles. The van der Waals surface area contributed by atoms with E-state index in [1.54, 1.807) is 24.1 Å². The Balaban J connectivity index is 2.21. The number of hydrogen-bond donors (Lipinski definition) is 0. The van der Waals surface area contributed by atoms with Crippen molar-refractivity contribution in [3.63, 3.8) is 0 Å². The van der Waals surface area contributed by atoms with Crippen LogP contribution >= 0.6 is 15.9 Å². The van der Waals surface area contributed by atoms with Gasteiger partial charge >= 0.3 is 0 Å². The zero-order valence-electron chi connectivity index (χ0n) is 9.91. The van der Waals surface area contributed by atoms with Crippen LogP contribution in [0.15, 0.2) is 22.7 Å². The zero-order chi connectivity index (χ0) is 12.6. The minimum Gasteiger partial charge on any atom is -0.339 e. The molecule has 1 aliphatic carbocycles. The molecule has 1 saturated carbocycles. The van der Waals surface area contributed by atoms with Crippen LogP contribution in [0.3, 0.4) is 0 Å². The lowest BCUT2D eigenvalue weighted by molar-refractivity contribution is 0.0726. The fourth-order valence-corrected chi connectivity index (χ4v) is 2.37. The Hall–Kier alpha value is -0.900. The Morgan fingerprint density at radius 2 is 2.18 bits per heavy atom. The topological polar surface area (TPSA) is 20.3 Å². The lowest BCUT2D eigenvalue weighted by Gasteiger charge is -2.25. The van der Waals surface area contributed by atoms with Crippen LogP contribution in [-0.2, 0) is 0 Å². The van der Waals surface area contributed by atoms with E-state index in [9.17, 15) is 9.18 Å². The van der Waals surface area contributed by atoms with Crippen LogP contribution in [-0.4, -0.2) is 23.9 Å². The first kappa shape index (κ1) is 12.6. The van der Waals surface area contributed by atoms with E-state index in [0.717, 1.165) is 0 Å². The summed E-state index contributed by atoms with van der Waals surface area (Å²) in [6.45, 7) is 2.04. The largest absolute Gasteiger partial charge is 0.339 e. The van der Waals surface area contributed by atoms with Crippen molar-refractivity contribution in [2.75, 3.05) is 7.05 Å². The second-order valence-corrected chi connectivity index (χ2v) is 5.39. The van der Waals surface area contributed by atoms with E-state index in [1.165, 1.54) is 18.9 Å². The highest BCUT2D eigenvalue weighted by Crippen LogP contribution is 2.35. The van der Waals surface area contributed by atoms with Crippen molar-refractivity contribution in [3.8, 4) is 0 Å². The highest BCUT2D eigenvalue weighted by atomic mass is 79.9. The van der Waals surface area contributed by atoms with Crippen molar-refractivity contribution >= 4 is 21.8 Å². The van der Waals surface area contributed by atoms with Gasteiger partial charge in [-0.25, -0.2) is 4.39 Å². The third-order valence-corrected chi connectivity index (χ3v) is 4.22. The van der Waals surface area contributed by atoms with E-state index in [0.29, 0.717) is 11.5 Å². The van der Waals surface area contributed by atoms with Crippen molar-refractivity contribution in [3.05, 3.63) is 34.1 Å². The molecule has 0 radical (unpaired) electrons. The molecule has 0 aromatic heterocycles. The fraction of sp³-hybridized carbons (Fsp3) is 0.462. The van der Waals surface area contributed by atoms with Gasteiger partial charge in [0.15, 0.2) is 0 Å². The van der Waals surface area contributed by atoms with Crippen LogP contribution in [0.25, 0.3) is 0 Å². The minimum atomic E-state index is -0.400. The highest BCUT2D eigenvalue weighted by molar-refractivity contribution is 9.10. The molecule has 1 fully saturated rings. The molecule has 1 unspecified atom stereocenters. The van der Waals surface area contributed by atoms with Crippen molar-refractivity contribution in [2.24, 2.45) is 5.92 Å². The average molecular weight is 300 g/mol. The summed E-state index contributed by atoms with van der Waals surface area (Å²) in [4.78, 5) is 13.9. The van der Waals surface area contributed by atoms with Gasteiger partial charge in [0.1, 0.15) is 5.82 Å². The van der Waals surface area contributed by atoms with Gasteiger partial charge in [-0.3, -0.25) is 4.79 Å². The minimum absolute atomic E-state index is 0.129. The van der Waals surface area contributed by atoms with E-state index in [-0.39, 0.29) is 16.4 Å². The average Bonchev–Trinajstić information content (AvgIpc) is 3.14. The van der Waals surface area contributed by atoms with Gasteiger partial charge in [0, 0.05) is 13.1 Å². The highest BCUT2D eigenvalue weighted by Gasteiger charge is 2.33. The SMILES string of the molecule is CC(C1CC1)N(C)C(=O)c1cccc(F)c1Br. The third-order valence-electron chi connectivity index (χ3n) is 3.42. The van der Waals surface area contributed by atoms with Crippen molar-refractivity contribution < 1.29 is 9.18 Å². The molecular weight excluding hydrogens is 285 g/mol. The first-order valence-corrected chi connectivity index (χ1v) is 6.53. The number of nitrogens with zero attached hydrogens (tertiary/aromatic N) is 1. The summed E-state index contributed by atoms with van der Waals surface area (Å²) in [5.41, 5.74) is 0.389. The molecule has 17 heavy (non-hydrogen) atoms. The Labute approximate surface area is 109 Å². The quantitative estimate of drug-likeness (QED) is 0.837. The summed E-state index contributed by atoms with van der Waals surface area (Å²) in [6, 6.07) is 4.76. The standard InChI is InChI=1S/C13H15BrFNO/c1-8(9-6-7-9)16(2)13(17)10-4-3-5-11(15)12(10)14/h3-5,8-9H,6-7H2,1-2H3. The van der Waals surface area contributed by atoms with Crippen LogP contribution in [0.4, 0.5) is 4.39 Å². The van der Waals surface area contributed by atoms with Crippen LogP contribution in [0.2, 0.25) is 0 Å². The van der Waals surface area contributed by atoms with Gasteiger partial charge in [-0.1, -0.05) is 6.07 Å². The second kappa shape index (κ2) is 4.77. The molecule has 0 bridgehead atoms. The van der Waals surface area contributed by atoms with E-state index < -0.39 is 5.82 Å². The summed E-state index contributed by atoms with van der Waals surface area (Å²) < 4.78 is 13.6. The van der Waals surface area contributed by atoms with Crippen molar-refractivity contribution in [1.29, 1.82) is 0 Å². The number of halogens is 2. The second-order valence-electron chi connectivity index (χ2n) is 4.60. The smallest absolute Gasteiger partial charge is 0.255 e. The molecular formula is C13H15BrFNO. The number of amides is 1. The van der Waals surface area contributed by atoms with Gasteiger partial charge in [-0.2, -0.15) is 0 Å². The summed E-state index contributed by atoms with van der Waals surface area (Å²) in [7, 11) is 1.78. The molecule has 1 aromatic carbocycles. The Morgan fingerprint density at radius 3 is 2.76 bits per heavy atom. The third kappa shape index (κ3) is 2.51. The first-order valence-electron chi connectivity index (χ1n) is 5.73. The van der Waals surface area contributed by atoms with Crippen LogP contribution in [0.5, 0.6) is 0 Å². The lowest BCUT2D eigenvalue weighted by atomic mass is 10.1. The summed E-state index contributed by atoms with van der Waals surface area (Å²) >= 11 is 3.13. The van der Waals surface area contributed by atoms with Crippen LogP contribution in [0.1, 0.15) is 30.1 Å². The monoisotopic (exact) mass is 299 g/mol. The van der Waals surface area contributed by atoms with Gasteiger partial charge in [-0.05, 0) is 53.7 Å². The number of rotatable bonds is 3. The Bertz CT molecular complexity index is 445. The maximum atomic E-state index is 13.4. The van der Waals surface area contributed by atoms with Gasteiger partial charge in [-0.15, -0.1) is 0 Å². The Morgan fingerprint density at radius 1 is 1.53 bits per heavy atom.